The molecule has 0 spiro atoms. The van der Waals surface area contributed by atoms with Crippen molar-refractivity contribution >= 4 is 29.0 Å². The summed E-state index contributed by atoms with van der Waals surface area (Å²) >= 11 is 6.13. The molecule has 0 radical (unpaired) electrons. The number of hydrogen-bond donors (Lipinski definition) is 1. The summed E-state index contributed by atoms with van der Waals surface area (Å²) in [6.07, 6.45) is 0.0340. The van der Waals surface area contributed by atoms with E-state index in [9.17, 15) is 4.79 Å². The fraction of sp³-hybridized carbons (Fsp3) is 0.208. The number of hydrogen-bond acceptors (Lipinski definition) is 7. The summed E-state index contributed by atoms with van der Waals surface area (Å²) in [4.78, 5) is 17.9. The maximum absolute atomic E-state index is 12.9. The number of benzene rings is 2. The summed E-state index contributed by atoms with van der Waals surface area (Å²) in [5.74, 6) is 2.63. The summed E-state index contributed by atoms with van der Waals surface area (Å²) < 4.78 is 12.5. The molecular weight excluding hydrogens is 456 g/mol. The van der Waals surface area contributed by atoms with E-state index in [2.05, 4.69) is 20.7 Å². The lowest BCUT2D eigenvalue weighted by Gasteiger charge is -2.14. The van der Waals surface area contributed by atoms with Crippen molar-refractivity contribution in [2.24, 2.45) is 4.99 Å². The number of anilines is 1. The van der Waals surface area contributed by atoms with Crippen LogP contribution >= 0.6 is 11.6 Å². The average molecular weight is 477 g/mol. The predicted octanol–water partition coefficient (Wildman–Crippen LogP) is 4.46. The topological polar surface area (TPSA) is 107 Å². The Morgan fingerprint density at radius 1 is 1.15 bits per heavy atom. The second-order valence-corrected chi connectivity index (χ2v) is 8.34. The maximum atomic E-state index is 12.9. The Morgan fingerprint density at radius 2 is 1.94 bits per heavy atom. The summed E-state index contributed by atoms with van der Waals surface area (Å²) in [7, 11) is 1.62. The lowest BCUT2D eigenvalue weighted by molar-refractivity contribution is -0.116. The van der Waals surface area contributed by atoms with E-state index in [0.29, 0.717) is 39.7 Å². The molecule has 0 fully saturated rings. The lowest BCUT2D eigenvalue weighted by Crippen LogP contribution is -2.17. The molecule has 1 aliphatic heterocycles. The van der Waals surface area contributed by atoms with E-state index < -0.39 is 6.04 Å². The zero-order valence-corrected chi connectivity index (χ0v) is 19.5. The first-order chi connectivity index (χ1) is 16.4. The highest BCUT2D eigenvalue weighted by Gasteiger charge is 2.30. The highest BCUT2D eigenvalue weighted by Crippen LogP contribution is 2.34. The van der Waals surface area contributed by atoms with Gasteiger partial charge in [0.1, 0.15) is 23.4 Å². The molecule has 34 heavy (non-hydrogen) atoms. The number of carbonyl (C=O) groups is 1. The summed E-state index contributed by atoms with van der Waals surface area (Å²) in [5, 5.41) is 15.9. The van der Waals surface area contributed by atoms with Gasteiger partial charge >= 0.3 is 0 Å². The van der Waals surface area contributed by atoms with E-state index in [0.717, 1.165) is 16.8 Å². The Hall–Kier alpha value is -3.98. The number of nitrogens with one attached hydrogen (secondary N) is 1. The Bertz CT molecular complexity index is 1410. The first-order valence-electron chi connectivity index (χ1n) is 10.6. The molecule has 10 heteroatoms. The van der Waals surface area contributed by atoms with Gasteiger partial charge in [-0.3, -0.25) is 14.4 Å². The Labute approximate surface area is 200 Å². The Morgan fingerprint density at radius 3 is 2.65 bits per heavy atom. The Balaban J connectivity index is 1.63. The van der Waals surface area contributed by atoms with Gasteiger partial charge in [-0.05, 0) is 44.2 Å². The number of methoxy groups -OCH3 is 1. The van der Waals surface area contributed by atoms with E-state index in [1.54, 1.807) is 20.1 Å². The van der Waals surface area contributed by atoms with Gasteiger partial charge in [-0.1, -0.05) is 28.9 Å². The highest BCUT2D eigenvalue weighted by atomic mass is 35.5. The van der Waals surface area contributed by atoms with E-state index in [4.69, 9.17) is 25.9 Å². The van der Waals surface area contributed by atoms with E-state index >= 15 is 0 Å². The second kappa shape index (κ2) is 8.75. The van der Waals surface area contributed by atoms with Gasteiger partial charge < -0.3 is 14.6 Å². The van der Waals surface area contributed by atoms with Crippen molar-refractivity contribution in [3.8, 4) is 11.4 Å². The van der Waals surface area contributed by atoms with Crippen molar-refractivity contribution in [2.45, 2.75) is 26.3 Å². The van der Waals surface area contributed by atoms with E-state index in [1.165, 1.54) is 0 Å². The van der Waals surface area contributed by atoms with Crippen LogP contribution in [0, 0.1) is 13.8 Å². The first kappa shape index (κ1) is 21.8. The molecule has 1 amide bonds. The molecule has 1 aliphatic rings. The molecule has 1 N–H and O–H groups in total. The third-order valence-electron chi connectivity index (χ3n) is 5.52. The molecule has 0 bridgehead atoms. The predicted molar refractivity (Wildman–Crippen MR) is 127 cm³/mol. The van der Waals surface area contributed by atoms with Crippen molar-refractivity contribution in [2.75, 3.05) is 12.4 Å². The first-order valence-corrected chi connectivity index (χ1v) is 11.0. The third-order valence-corrected chi connectivity index (χ3v) is 5.78. The van der Waals surface area contributed by atoms with Crippen LogP contribution in [0.15, 0.2) is 58.0 Å². The number of aromatic nitrogens is 4. The molecule has 0 aliphatic carbocycles. The number of halogens is 1. The minimum absolute atomic E-state index is 0.0340. The maximum Gasteiger partial charge on any atom is 0.228 e. The number of carbonyl (C=O) groups excluding carboxylic acids is 1. The SMILES string of the molecule is COc1ccc2c(c1)C(c1ccc(Cl)cc1)=N[C@@H](CC(=O)Nc1cc(C)on1)c1nnc(C)n1-2. The van der Waals surface area contributed by atoms with Crippen molar-refractivity contribution < 1.29 is 14.1 Å². The molecular formula is C24H21ClN6O3. The molecule has 0 saturated carbocycles. The van der Waals surface area contributed by atoms with Crippen LogP contribution in [0.25, 0.3) is 5.69 Å². The normalized spacial score (nSPS) is 14.6. The van der Waals surface area contributed by atoms with E-state index in [1.807, 2.05) is 54.0 Å². The number of rotatable bonds is 5. The number of nitrogens with zero attached hydrogens (tertiary/aromatic N) is 5. The van der Waals surface area contributed by atoms with Gasteiger partial charge in [-0.25, -0.2) is 0 Å². The van der Waals surface area contributed by atoms with Crippen molar-refractivity contribution in [1.82, 2.24) is 19.9 Å². The molecule has 9 nitrogen and oxygen atoms in total. The summed E-state index contributed by atoms with van der Waals surface area (Å²) in [6, 6.07) is 14.2. The van der Waals surface area contributed by atoms with Gasteiger partial charge in [0.2, 0.25) is 5.91 Å². The largest absolute Gasteiger partial charge is 0.497 e. The van der Waals surface area contributed by atoms with Crippen LogP contribution in [0.4, 0.5) is 5.82 Å². The van der Waals surface area contributed by atoms with Crippen LogP contribution in [0.1, 0.15) is 41.0 Å². The number of amides is 1. The lowest BCUT2D eigenvalue weighted by atomic mass is 10.00. The fourth-order valence-electron chi connectivity index (χ4n) is 3.97. The number of ether oxygens (including phenoxy) is 1. The zero-order valence-electron chi connectivity index (χ0n) is 18.7. The molecule has 1 atom stereocenters. The smallest absolute Gasteiger partial charge is 0.228 e. The minimum atomic E-state index is -0.599. The molecule has 3 heterocycles. The Kier molecular flexibility index (Phi) is 5.62. The number of aryl methyl sites for hydroxylation is 2. The van der Waals surface area contributed by atoms with Crippen molar-refractivity contribution in [3.63, 3.8) is 0 Å². The van der Waals surface area contributed by atoms with Gasteiger partial charge in [0, 0.05) is 22.2 Å². The second-order valence-electron chi connectivity index (χ2n) is 7.90. The van der Waals surface area contributed by atoms with E-state index in [-0.39, 0.29) is 12.3 Å². The molecule has 0 saturated heterocycles. The molecule has 0 unspecified atom stereocenters. The van der Waals surface area contributed by atoms with Crippen molar-refractivity contribution in [1.29, 1.82) is 0 Å². The molecule has 172 valence electrons. The van der Waals surface area contributed by atoms with Gasteiger partial charge in [0.25, 0.3) is 0 Å². The van der Waals surface area contributed by atoms with Crippen LogP contribution in [0.3, 0.4) is 0 Å². The van der Waals surface area contributed by atoms with Crippen LogP contribution in [0.5, 0.6) is 5.75 Å². The average Bonchev–Trinajstić information content (AvgIpc) is 3.38. The highest BCUT2D eigenvalue weighted by molar-refractivity contribution is 6.30. The molecule has 4 aromatic rings. The monoisotopic (exact) mass is 476 g/mol. The standard InChI is InChI=1S/C24H21ClN6O3/c1-13-10-21(30-34-13)27-22(32)12-19-24-29-28-14(2)31(24)20-9-8-17(33-3)11-18(20)23(26-19)15-4-6-16(25)7-5-15/h4-11,19H,12H2,1-3H3,(H,27,30,32)/t19-/m0/s1. The van der Waals surface area contributed by atoms with Gasteiger partial charge in [0.15, 0.2) is 11.6 Å². The van der Waals surface area contributed by atoms with Crippen LogP contribution in [-0.2, 0) is 4.79 Å². The van der Waals surface area contributed by atoms with Gasteiger partial charge in [0.05, 0.1) is 24.9 Å². The molecule has 2 aromatic carbocycles. The zero-order chi connectivity index (χ0) is 23.8. The van der Waals surface area contributed by atoms with Gasteiger partial charge in [-0.15, -0.1) is 10.2 Å². The van der Waals surface area contributed by atoms with Crippen LogP contribution in [-0.4, -0.2) is 38.6 Å². The third kappa shape index (κ3) is 4.06. The number of aliphatic imine (C=N–C) groups is 1. The quantitative estimate of drug-likeness (QED) is 0.455. The van der Waals surface area contributed by atoms with Crippen LogP contribution in [0.2, 0.25) is 5.02 Å². The fourth-order valence-corrected chi connectivity index (χ4v) is 4.10. The van der Waals surface area contributed by atoms with Crippen molar-refractivity contribution in [3.05, 3.63) is 82.1 Å². The molecule has 5 rings (SSSR count). The van der Waals surface area contributed by atoms with Gasteiger partial charge in [-0.2, -0.15) is 0 Å². The summed E-state index contributed by atoms with van der Waals surface area (Å²) in [6.45, 7) is 3.63. The minimum Gasteiger partial charge on any atom is -0.497 e. The van der Waals surface area contributed by atoms with Crippen LogP contribution < -0.4 is 10.1 Å². The number of fused-ring (bicyclic) bond motifs is 3. The molecule has 2 aromatic heterocycles. The summed E-state index contributed by atoms with van der Waals surface area (Å²) in [5.41, 5.74) is 3.24.